The van der Waals surface area contributed by atoms with Gasteiger partial charge in [0.15, 0.2) is 0 Å². The van der Waals surface area contributed by atoms with E-state index in [1.165, 1.54) is 0 Å². The summed E-state index contributed by atoms with van der Waals surface area (Å²) >= 11 is 0. The summed E-state index contributed by atoms with van der Waals surface area (Å²) in [5.74, 6) is -1.31. The van der Waals surface area contributed by atoms with Gasteiger partial charge in [0.05, 0.1) is 6.54 Å². The van der Waals surface area contributed by atoms with Gasteiger partial charge in [-0.05, 0) is 5.56 Å². The monoisotopic (exact) mass is 349 g/mol. The Labute approximate surface area is 148 Å². The molecule has 7 nitrogen and oxygen atoms in total. The average molecular weight is 349 g/mol. The fourth-order valence-electron chi connectivity index (χ4n) is 2.95. The van der Waals surface area contributed by atoms with Gasteiger partial charge in [-0.15, -0.1) is 0 Å². The molecule has 0 saturated carbocycles. The minimum atomic E-state index is -1.02. The standard InChI is InChI=1S/C18H27N3O4/c1-18(2,16(19)17(23)24)14-10-21(9-8-20-14)11-15(22)25-12-13-6-4-3-5-7-13/h3-7,14,16,20H,8-12,19H2,1-2H3,(H,23,24). The van der Waals surface area contributed by atoms with E-state index in [0.717, 1.165) is 5.56 Å². The first-order valence-corrected chi connectivity index (χ1v) is 8.44. The molecule has 1 aliphatic heterocycles. The third-order valence-electron chi connectivity index (χ3n) is 4.82. The highest BCUT2D eigenvalue weighted by Crippen LogP contribution is 2.26. The second kappa shape index (κ2) is 8.42. The maximum atomic E-state index is 12.1. The predicted octanol–water partition coefficient (Wildman–Crippen LogP) is 0.442. The van der Waals surface area contributed by atoms with Crippen LogP contribution >= 0.6 is 0 Å². The number of nitrogens with zero attached hydrogens (tertiary/aromatic N) is 1. The number of hydrogen-bond acceptors (Lipinski definition) is 6. The molecule has 1 saturated heterocycles. The summed E-state index contributed by atoms with van der Waals surface area (Å²) in [5, 5.41) is 12.5. The summed E-state index contributed by atoms with van der Waals surface area (Å²) in [6.07, 6.45) is 0. The van der Waals surface area contributed by atoms with Crippen LogP contribution in [-0.2, 0) is 20.9 Å². The highest BCUT2D eigenvalue weighted by Gasteiger charge is 2.41. The van der Waals surface area contributed by atoms with Gasteiger partial charge in [0.1, 0.15) is 12.6 Å². The first-order valence-electron chi connectivity index (χ1n) is 8.44. The average Bonchev–Trinajstić information content (AvgIpc) is 2.60. The first-order chi connectivity index (χ1) is 11.8. The van der Waals surface area contributed by atoms with Crippen LogP contribution in [0, 0.1) is 5.41 Å². The van der Waals surface area contributed by atoms with Crippen molar-refractivity contribution in [3.8, 4) is 0 Å². The number of esters is 1. The topological polar surface area (TPSA) is 105 Å². The van der Waals surface area contributed by atoms with Crippen molar-refractivity contribution in [2.24, 2.45) is 11.1 Å². The number of aliphatic carboxylic acids is 1. The van der Waals surface area contributed by atoms with Gasteiger partial charge in [0, 0.05) is 31.1 Å². The zero-order valence-electron chi connectivity index (χ0n) is 14.8. The Balaban J connectivity index is 1.86. The number of rotatable bonds is 7. The van der Waals surface area contributed by atoms with E-state index in [9.17, 15) is 14.7 Å². The lowest BCUT2D eigenvalue weighted by Gasteiger charge is -2.43. The molecule has 1 aromatic carbocycles. The van der Waals surface area contributed by atoms with E-state index in [4.69, 9.17) is 10.5 Å². The molecule has 138 valence electrons. The molecule has 0 bridgehead atoms. The molecule has 0 spiro atoms. The van der Waals surface area contributed by atoms with Gasteiger partial charge < -0.3 is 20.9 Å². The van der Waals surface area contributed by atoms with E-state index in [1.54, 1.807) is 0 Å². The number of carbonyl (C=O) groups excluding carboxylic acids is 1. The predicted molar refractivity (Wildman–Crippen MR) is 93.9 cm³/mol. The van der Waals surface area contributed by atoms with Crippen LogP contribution in [0.3, 0.4) is 0 Å². The largest absolute Gasteiger partial charge is 0.480 e. The Bertz CT molecular complexity index is 591. The molecule has 25 heavy (non-hydrogen) atoms. The van der Waals surface area contributed by atoms with E-state index in [1.807, 2.05) is 49.1 Å². The highest BCUT2D eigenvalue weighted by molar-refractivity contribution is 5.74. The van der Waals surface area contributed by atoms with Crippen LogP contribution in [-0.4, -0.2) is 60.2 Å². The van der Waals surface area contributed by atoms with Crippen LogP contribution in [0.15, 0.2) is 30.3 Å². The molecule has 4 N–H and O–H groups in total. The number of carboxylic acids is 1. The molecule has 2 rings (SSSR count). The molecule has 2 atom stereocenters. The molecule has 1 aliphatic rings. The van der Waals surface area contributed by atoms with Gasteiger partial charge >= 0.3 is 11.9 Å². The maximum Gasteiger partial charge on any atom is 0.321 e. The van der Waals surface area contributed by atoms with Gasteiger partial charge in [-0.3, -0.25) is 14.5 Å². The van der Waals surface area contributed by atoms with Crippen LogP contribution in [0.2, 0.25) is 0 Å². The summed E-state index contributed by atoms with van der Waals surface area (Å²) in [5.41, 5.74) is 6.14. The summed E-state index contributed by atoms with van der Waals surface area (Å²) in [7, 11) is 0. The van der Waals surface area contributed by atoms with Gasteiger partial charge in [0.25, 0.3) is 0 Å². The molecule has 1 aromatic rings. The number of ether oxygens (including phenoxy) is 1. The van der Waals surface area contributed by atoms with Crippen LogP contribution in [0.1, 0.15) is 19.4 Å². The number of carboxylic acid groups (broad SMARTS) is 1. The van der Waals surface area contributed by atoms with Gasteiger partial charge in [-0.1, -0.05) is 44.2 Å². The fourth-order valence-corrected chi connectivity index (χ4v) is 2.95. The molecule has 7 heteroatoms. The summed E-state index contributed by atoms with van der Waals surface area (Å²) in [6.45, 7) is 6.03. The lowest BCUT2D eigenvalue weighted by atomic mass is 9.76. The Hall–Kier alpha value is -1.96. The Morgan fingerprint density at radius 2 is 2.08 bits per heavy atom. The third kappa shape index (κ3) is 5.26. The molecular formula is C18H27N3O4. The molecule has 0 radical (unpaired) electrons. The zero-order valence-corrected chi connectivity index (χ0v) is 14.8. The first kappa shape index (κ1) is 19.4. The van der Waals surface area contributed by atoms with Crippen LogP contribution < -0.4 is 11.1 Å². The number of nitrogens with one attached hydrogen (secondary N) is 1. The molecule has 1 fully saturated rings. The van der Waals surface area contributed by atoms with Crippen molar-refractivity contribution in [2.45, 2.75) is 32.5 Å². The smallest absolute Gasteiger partial charge is 0.321 e. The van der Waals surface area contributed by atoms with Crippen LogP contribution in [0.4, 0.5) is 0 Å². The molecule has 0 aromatic heterocycles. The Morgan fingerprint density at radius 3 is 2.72 bits per heavy atom. The second-order valence-corrected chi connectivity index (χ2v) is 7.03. The normalized spacial score (nSPS) is 20.0. The van der Waals surface area contributed by atoms with E-state index in [2.05, 4.69) is 5.32 Å². The molecule has 0 amide bonds. The van der Waals surface area contributed by atoms with E-state index < -0.39 is 17.4 Å². The number of carbonyl (C=O) groups is 2. The molecule has 2 unspecified atom stereocenters. The third-order valence-corrected chi connectivity index (χ3v) is 4.82. The number of nitrogens with two attached hydrogens (primary N) is 1. The maximum absolute atomic E-state index is 12.1. The van der Waals surface area contributed by atoms with E-state index >= 15 is 0 Å². The van der Waals surface area contributed by atoms with Crippen molar-refractivity contribution in [1.29, 1.82) is 0 Å². The van der Waals surface area contributed by atoms with Crippen LogP contribution in [0.5, 0.6) is 0 Å². The van der Waals surface area contributed by atoms with Gasteiger partial charge in [-0.2, -0.15) is 0 Å². The number of piperazine rings is 1. The van der Waals surface area contributed by atoms with Crippen molar-refractivity contribution in [3.05, 3.63) is 35.9 Å². The molecule has 1 heterocycles. The Morgan fingerprint density at radius 1 is 1.40 bits per heavy atom. The van der Waals surface area contributed by atoms with Crippen LogP contribution in [0.25, 0.3) is 0 Å². The van der Waals surface area contributed by atoms with Crippen molar-refractivity contribution >= 4 is 11.9 Å². The fraction of sp³-hybridized carbons (Fsp3) is 0.556. The molecule has 0 aliphatic carbocycles. The van der Waals surface area contributed by atoms with E-state index in [-0.39, 0.29) is 25.2 Å². The van der Waals surface area contributed by atoms with E-state index in [0.29, 0.717) is 19.6 Å². The van der Waals surface area contributed by atoms with Crippen molar-refractivity contribution in [3.63, 3.8) is 0 Å². The SMILES string of the molecule is CC(C)(C1CN(CC(=O)OCc2ccccc2)CCN1)C(N)C(=O)O. The second-order valence-electron chi connectivity index (χ2n) is 7.03. The Kier molecular flexibility index (Phi) is 6.52. The van der Waals surface area contributed by atoms with Gasteiger partial charge in [-0.25, -0.2) is 0 Å². The number of benzene rings is 1. The quantitative estimate of drug-likeness (QED) is 0.614. The van der Waals surface area contributed by atoms with Gasteiger partial charge in [0.2, 0.25) is 0 Å². The summed E-state index contributed by atoms with van der Waals surface area (Å²) < 4.78 is 5.32. The van der Waals surface area contributed by atoms with Crippen molar-refractivity contribution in [2.75, 3.05) is 26.2 Å². The van der Waals surface area contributed by atoms with Crippen molar-refractivity contribution < 1.29 is 19.4 Å². The minimum Gasteiger partial charge on any atom is -0.480 e. The zero-order chi connectivity index (χ0) is 18.4. The minimum absolute atomic E-state index is 0.116. The lowest BCUT2D eigenvalue weighted by molar-refractivity contribution is -0.147. The summed E-state index contributed by atoms with van der Waals surface area (Å²) in [6, 6.07) is 8.43. The highest BCUT2D eigenvalue weighted by atomic mass is 16.5. The molecular weight excluding hydrogens is 322 g/mol. The lowest BCUT2D eigenvalue weighted by Crippen LogP contribution is -2.62. The summed E-state index contributed by atoms with van der Waals surface area (Å²) in [4.78, 5) is 25.3. The number of hydrogen-bond donors (Lipinski definition) is 3. The van der Waals surface area contributed by atoms with Crippen molar-refractivity contribution in [1.82, 2.24) is 10.2 Å².